The van der Waals surface area contributed by atoms with Gasteiger partial charge in [-0.25, -0.2) is 4.98 Å². The molecule has 0 aliphatic carbocycles. The van der Waals surface area contributed by atoms with Gasteiger partial charge in [0.25, 0.3) is 0 Å². The molecule has 1 radical (unpaired) electrons. The number of ether oxygens (including phenoxy) is 1. The zero-order valence-corrected chi connectivity index (χ0v) is 9.80. The molecule has 93 valence electrons. The first-order chi connectivity index (χ1) is 8.83. The van der Waals surface area contributed by atoms with Crippen LogP contribution in [0.25, 0.3) is 0 Å². The smallest absolute Gasteiger partial charge is 0.523 e. The van der Waals surface area contributed by atoms with Crippen LogP contribution in [0.2, 0.25) is 0 Å². The van der Waals surface area contributed by atoms with Crippen LogP contribution in [0.15, 0.2) is 12.1 Å². The Bertz CT molecular complexity index is 444. The van der Waals surface area contributed by atoms with Crippen molar-refractivity contribution in [1.29, 1.82) is 5.26 Å². The molecule has 0 aromatic carbocycles. The Labute approximate surface area is 106 Å². The van der Waals surface area contributed by atoms with Gasteiger partial charge in [0.2, 0.25) is 0 Å². The quantitative estimate of drug-likeness (QED) is 0.750. The van der Waals surface area contributed by atoms with Crippen LogP contribution in [-0.4, -0.2) is 36.9 Å². The van der Waals surface area contributed by atoms with Crippen molar-refractivity contribution in [1.82, 2.24) is 4.98 Å². The van der Waals surface area contributed by atoms with Gasteiger partial charge in [0.15, 0.2) is 11.6 Å². The van der Waals surface area contributed by atoms with Crippen LogP contribution in [0.5, 0.6) is 5.88 Å². The molecule has 6 nitrogen and oxygen atoms in total. The summed E-state index contributed by atoms with van der Waals surface area (Å²) in [6, 6.07) is 5.61. The number of anilines is 1. The van der Waals surface area contributed by atoms with Crippen LogP contribution < -0.4 is 9.97 Å². The Morgan fingerprint density at radius 1 is 1.50 bits per heavy atom. The Hall–Kier alpha value is -1.78. The second-order valence-corrected chi connectivity index (χ2v) is 3.91. The summed E-state index contributed by atoms with van der Waals surface area (Å²) in [5, 5.41) is 20.8. The maximum atomic E-state index is 9.04. The largest absolute Gasteiger partial charge is 0.570 e. The van der Waals surface area contributed by atoms with Crippen molar-refractivity contribution in [3.8, 4) is 11.9 Å². The predicted octanol–water partition coefficient (Wildman–Crippen LogP) is 0.449. The van der Waals surface area contributed by atoms with Crippen molar-refractivity contribution >= 4 is 13.4 Å². The highest BCUT2D eigenvalue weighted by atomic mass is 16.5. The third kappa shape index (κ3) is 3.12. The van der Waals surface area contributed by atoms with Crippen LogP contribution in [0.1, 0.15) is 18.5 Å². The summed E-state index contributed by atoms with van der Waals surface area (Å²) in [6.07, 6.45) is 1.82. The third-order valence-corrected chi connectivity index (χ3v) is 2.73. The van der Waals surface area contributed by atoms with Crippen LogP contribution in [-0.2, 0) is 4.74 Å². The second-order valence-electron chi connectivity index (χ2n) is 3.91. The van der Waals surface area contributed by atoms with E-state index in [9.17, 15) is 0 Å². The molecule has 7 heteroatoms. The van der Waals surface area contributed by atoms with Gasteiger partial charge in [-0.15, -0.1) is 0 Å². The van der Waals surface area contributed by atoms with Gasteiger partial charge in [0, 0.05) is 25.3 Å². The van der Waals surface area contributed by atoms with E-state index in [1.165, 1.54) is 0 Å². The number of nitriles is 1. The minimum absolute atomic E-state index is 0.187. The van der Waals surface area contributed by atoms with E-state index >= 15 is 0 Å². The fourth-order valence-corrected chi connectivity index (χ4v) is 1.82. The van der Waals surface area contributed by atoms with Gasteiger partial charge in [0.05, 0.1) is 5.69 Å². The molecular weight excluding hydrogens is 233 g/mol. The minimum atomic E-state index is 0.187. The average Bonchev–Trinajstić information content (AvgIpc) is 2.42. The highest BCUT2D eigenvalue weighted by molar-refractivity contribution is 6.17. The zero-order chi connectivity index (χ0) is 12.8. The van der Waals surface area contributed by atoms with Gasteiger partial charge in [-0.1, -0.05) is 0 Å². The first-order valence-electron chi connectivity index (χ1n) is 5.71. The molecule has 1 aliphatic rings. The highest BCUT2D eigenvalue weighted by Gasteiger charge is 2.15. The number of hydrogen-bond donors (Lipinski definition) is 2. The van der Waals surface area contributed by atoms with E-state index in [1.807, 2.05) is 6.07 Å². The van der Waals surface area contributed by atoms with Crippen molar-refractivity contribution in [3.05, 3.63) is 17.8 Å². The monoisotopic (exact) mass is 246 g/mol. The van der Waals surface area contributed by atoms with E-state index in [1.54, 1.807) is 12.1 Å². The topological polar surface area (TPSA) is 87.4 Å². The molecule has 1 saturated heterocycles. The molecular formula is C11H13BN3O3. The molecule has 0 amide bonds. The summed E-state index contributed by atoms with van der Waals surface area (Å²) in [6.45, 7) is 1.46. The van der Waals surface area contributed by atoms with Gasteiger partial charge >= 0.3 is 7.69 Å². The molecule has 1 fully saturated rings. The molecule has 2 heterocycles. The summed E-state index contributed by atoms with van der Waals surface area (Å²) in [5.41, 5.74) is 0.926. The molecule has 18 heavy (non-hydrogen) atoms. The standard InChI is InChI=1S/C11H13BN3O3/c13-7-10-9(1-2-11(15-10)18-12-16)14-8-3-5-17-6-4-8/h1-2,8,14,16H,3-6H2. The lowest BCUT2D eigenvalue weighted by atomic mass is 10.1. The molecule has 2 rings (SSSR count). The maximum Gasteiger partial charge on any atom is 0.570 e. The number of nitrogens with zero attached hydrogens (tertiary/aromatic N) is 2. The van der Waals surface area contributed by atoms with Crippen molar-refractivity contribution in [3.63, 3.8) is 0 Å². The van der Waals surface area contributed by atoms with E-state index in [0.717, 1.165) is 26.1 Å². The highest BCUT2D eigenvalue weighted by Crippen LogP contribution is 2.20. The van der Waals surface area contributed by atoms with Crippen LogP contribution >= 0.6 is 0 Å². The lowest BCUT2D eigenvalue weighted by Crippen LogP contribution is -2.28. The normalized spacial score (nSPS) is 15.8. The Morgan fingerprint density at radius 2 is 2.28 bits per heavy atom. The molecule has 0 spiro atoms. The molecule has 0 saturated carbocycles. The number of nitrogens with one attached hydrogen (secondary N) is 1. The predicted molar refractivity (Wildman–Crippen MR) is 65.0 cm³/mol. The van der Waals surface area contributed by atoms with Gasteiger partial charge in [-0.3, -0.25) is 0 Å². The summed E-state index contributed by atoms with van der Waals surface area (Å²) in [7, 11) is 0.537. The molecule has 1 aliphatic heterocycles. The van der Waals surface area contributed by atoms with Gasteiger partial charge in [0.1, 0.15) is 6.07 Å². The lowest BCUT2D eigenvalue weighted by Gasteiger charge is -2.24. The fourth-order valence-electron chi connectivity index (χ4n) is 1.82. The van der Waals surface area contributed by atoms with E-state index in [4.69, 9.17) is 19.7 Å². The number of pyridine rings is 1. The Balaban J connectivity index is 2.09. The Kier molecular flexibility index (Phi) is 4.39. The first kappa shape index (κ1) is 12.7. The average molecular weight is 246 g/mol. The second kappa shape index (κ2) is 6.24. The number of aromatic nitrogens is 1. The number of rotatable bonds is 4. The van der Waals surface area contributed by atoms with Gasteiger partial charge in [-0.05, 0) is 18.9 Å². The first-order valence-corrected chi connectivity index (χ1v) is 5.71. The lowest BCUT2D eigenvalue weighted by molar-refractivity contribution is 0.0904. The van der Waals surface area contributed by atoms with Crippen molar-refractivity contribution in [2.24, 2.45) is 0 Å². The molecule has 0 bridgehead atoms. The van der Waals surface area contributed by atoms with Gasteiger partial charge < -0.3 is 19.7 Å². The Morgan fingerprint density at radius 3 is 2.94 bits per heavy atom. The van der Waals surface area contributed by atoms with Crippen molar-refractivity contribution in [2.45, 2.75) is 18.9 Å². The SMILES string of the molecule is N#Cc1nc(O[B]O)ccc1NC1CCOCC1. The minimum Gasteiger partial charge on any atom is -0.523 e. The molecule has 2 N–H and O–H groups in total. The van der Waals surface area contributed by atoms with Crippen LogP contribution in [0, 0.1) is 11.3 Å². The summed E-state index contributed by atoms with van der Waals surface area (Å²) in [5.74, 6) is 0.187. The fraction of sp³-hybridized carbons (Fsp3) is 0.455. The van der Waals surface area contributed by atoms with E-state index < -0.39 is 0 Å². The van der Waals surface area contributed by atoms with Crippen LogP contribution in [0.3, 0.4) is 0 Å². The van der Waals surface area contributed by atoms with Crippen molar-refractivity contribution < 1.29 is 14.4 Å². The number of hydrogen-bond acceptors (Lipinski definition) is 6. The molecule has 0 unspecified atom stereocenters. The molecule has 1 aromatic rings. The van der Waals surface area contributed by atoms with Gasteiger partial charge in [-0.2, -0.15) is 5.26 Å². The summed E-state index contributed by atoms with van der Waals surface area (Å²) in [4.78, 5) is 3.98. The molecule has 1 aromatic heterocycles. The van der Waals surface area contributed by atoms with E-state index in [2.05, 4.69) is 10.3 Å². The molecule has 0 atom stereocenters. The van der Waals surface area contributed by atoms with E-state index in [-0.39, 0.29) is 11.6 Å². The van der Waals surface area contributed by atoms with Crippen molar-refractivity contribution in [2.75, 3.05) is 18.5 Å². The van der Waals surface area contributed by atoms with Crippen LogP contribution in [0.4, 0.5) is 5.69 Å². The third-order valence-electron chi connectivity index (χ3n) is 2.73. The summed E-state index contributed by atoms with van der Waals surface area (Å²) >= 11 is 0. The summed E-state index contributed by atoms with van der Waals surface area (Å²) < 4.78 is 9.99. The maximum absolute atomic E-state index is 9.04. The van der Waals surface area contributed by atoms with E-state index in [0.29, 0.717) is 19.4 Å². The zero-order valence-electron chi connectivity index (χ0n) is 9.80.